The Balaban J connectivity index is 0.000000172. The largest absolute Gasteiger partial charge is 2.00 e. The third kappa shape index (κ3) is 7.32. The third-order valence-electron chi connectivity index (χ3n) is 10.4. The van der Waals surface area contributed by atoms with Gasteiger partial charge in [0.2, 0.25) is 0 Å². The van der Waals surface area contributed by atoms with Gasteiger partial charge in [0.25, 0.3) is 0 Å². The van der Waals surface area contributed by atoms with Crippen LogP contribution in [0.25, 0.3) is 0 Å². The predicted octanol–water partition coefficient (Wildman–Crippen LogP) is 5.75. The second-order valence-corrected chi connectivity index (χ2v) is 13.0. The molecule has 0 aromatic heterocycles. The van der Waals surface area contributed by atoms with Crippen LogP contribution in [0, 0.1) is 0 Å². The van der Waals surface area contributed by atoms with Crippen molar-refractivity contribution in [1.29, 1.82) is 0 Å². The van der Waals surface area contributed by atoms with Crippen molar-refractivity contribution in [3.63, 3.8) is 0 Å². The van der Waals surface area contributed by atoms with Gasteiger partial charge < -0.3 is 0 Å². The van der Waals surface area contributed by atoms with Crippen LogP contribution in [0.15, 0.2) is 243 Å². The number of hydrogen-bond donors (Lipinski definition) is 0. The summed E-state index contributed by atoms with van der Waals surface area (Å²) >= 11 is 0. The van der Waals surface area contributed by atoms with Gasteiger partial charge in [0, 0.05) is 0 Å². The summed E-state index contributed by atoms with van der Waals surface area (Å²) in [6, 6.07) is 87.1. The molecule has 0 radical (unpaired) electrons. The molecule has 0 saturated heterocycles. The molecule has 8 aromatic rings. The Bertz CT molecular complexity index is 1680. The molecule has 0 bridgehead atoms. The van der Waals surface area contributed by atoms with E-state index >= 15 is 0 Å². The van der Waals surface area contributed by atoms with Gasteiger partial charge >= 0.3 is 37.7 Å². The van der Waals surface area contributed by atoms with Crippen LogP contribution in [0.3, 0.4) is 0 Å². The van der Waals surface area contributed by atoms with Crippen molar-refractivity contribution in [2.24, 2.45) is 0 Å². The second kappa shape index (κ2) is 17.4. The van der Waals surface area contributed by atoms with E-state index in [1.165, 1.54) is 43.7 Å². The van der Waals surface area contributed by atoms with Gasteiger partial charge in [-0.2, -0.15) is 43.7 Å². The minimum absolute atomic E-state index is 0. The van der Waals surface area contributed by atoms with E-state index in [1.54, 1.807) is 0 Å². The van der Waals surface area contributed by atoms with E-state index in [9.17, 15) is 0 Å². The predicted molar refractivity (Wildman–Crippen MR) is 226 cm³/mol. The van der Waals surface area contributed by atoms with Crippen molar-refractivity contribution < 1.29 is 0 Å². The first-order chi connectivity index (χ1) is 24.8. The monoisotopic (exact) mass is 678 g/mol. The normalized spacial score (nSPS) is 11.0. The molecular weight excluding hydrogens is 638 g/mol. The van der Waals surface area contributed by atoms with Crippen molar-refractivity contribution in [3.05, 3.63) is 243 Å². The number of hydrogen-bond acceptors (Lipinski definition) is 0. The van der Waals surface area contributed by atoms with Crippen LogP contribution in [0.4, 0.5) is 0 Å². The average Bonchev–Trinajstić information content (AvgIpc) is 3.22. The molecule has 8 rings (SSSR count). The Morgan fingerprint density at radius 1 is 0.157 bits per heavy atom. The Kier molecular flexibility index (Phi) is 12.3. The van der Waals surface area contributed by atoms with Crippen LogP contribution in [0.1, 0.15) is 0 Å². The molecule has 0 unspecified atom stereocenters. The first kappa shape index (κ1) is 36.0. The van der Waals surface area contributed by atoms with E-state index in [0.717, 1.165) is 0 Å². The minimum atomic E-state index is -1.22. The zero-order chi connectivity index (χ0) is 33.9. The van der Waals surface area contributed by atoms with Crippen LogP contribution in [0.2, 0.25) is 0 Å². The summed E-state index contributed by atoms with van der Waals surface area (Å²) in [5.41, 5.74) is 10.7. The average molecular weight is 679 g/mol. The summed E-state index contributed by atoms with van der Waals surface area (Å²) in [6.45, 7) is 0. The number of benzene rings is 8. The van der Waals surface area contributed by atoms with Crippen molar-refractivity contribution in [1.82, 2.24) is 0 Å². The summed E-state index contributed by atoms with van der Waals surface area (Å²) in [6.07, 6.45) is -2.43. The van der Waals surface area contributed by atoms with E-state index in [4.69, 9.17) is 0 Å². The van der Waals surface area contributed by atoms with E-state index in [2.05, 4.69) is 243 Å². The molecule has 0 nitrogen and oxygen atoms in total. The second-order valence-electron chi connectivity index (χ2n) is 13.0. The summed E-state index contributed by atoms with van der Waals surface area (Å²) in [5, 5.41) is 0. The van der Waals surface area contributed by atoms with Crippen molar-refractivity contribution >= 4 is 93.7 Å². The standard InChI is InChI=1S/2C24H20B.Ca/c2*1-5-13-21(14-6-1)25(22-15-7-2-8-16-22,23-17-9-3-10-18-23)24-19-11-4-12-20-24;/h2*1-20H;/q2*-1;+2. The maximum atomic E-state index is 2.26. The van der Waals surface area contributed by atoms with Crippen LogP contribution in [-0.2, 0) is 0 Å². The van der Waals surface area contributed by atoms with Crippen molar-refractivity contribution in [2.75, 3.05) is 0 Å². The summed E-state index contributed by atoms with van der Waals surface area (Å²) in [4.78, 5) is 0. The molecule has 0 heterocycles. The smallest absolute Gasteiger partial charge is 0.195 e. The summed E-state index contributed by atoms with van der Waals surface area (Å²) in [7, 11) is 0. The molecule has 0 atom stereocenters. The van der Waals surface area contributed by atoms with Gasteiger partial charge in [0.05, 0.1) is 0 Å². The SMILES string of the molecule is [Ca+2].c1ccc([B-](c2ccccc2)(c2ccccc2)c2ccccc2)cc1.c1ccc([B-](c2ccccc2)(c2ccccc2)c2ccccc2)cc1. The fourth-order valence-corrected chi connectivity index (χ4v) is 8.24. The van der Waals surface area contributed by atoms with Gasteiger partial charge in [0.1, 0.15) is 12.3 Å². The fraction of sp³-hybridized carbons (Fsp3) is 0. The van der Waals surface area contributed by atoms with E-state index in [0.29, 0.717) is 0 Å². The van der Waals surface area contributed by atoms with Crippen LogP contribution in [0.5, 0.6) is 0 Å². The molecule has 0 amide bonds. The fourth-order valence-electron chi connectivity index (χ4n) is 8.24. The van der Waals surface area contributed by atoms with Crippen molar-refractivity contribution in [2.45, 2.75) is 0 Å². The summed E-state index contributed by atoms with van der Waals surface area (Å²) in [5.74, 6) is 0. The first-order valence-corrected chi connectivity index (χ1v) is 17.6. The van der Waals surface area contributed by atoms with Crippen molar-refractivity contribution in [3.8, 4) is 0 Å². The van der Waals surface area contributed by atoms with Crippen LogP contribution in [-0.4, -0.2) is 50.0 Å². The molecule has 240 valence electrons. The Hall–Kier alpha value is -4.85. The Labute approximate surface area is 333 Å². The van der Waals surface area contributed by atoms with Gasteiger partial charge in [0.15, 0.2) is 0 Å². The van der Waals surface area contributed by atoms with Crippen LogP contribution < -0.4 is 43.7 Å². The first-order valence-electron chi connectivity index (χ1n) is 17.6. The molecule has 51 heavy (non-hydrogen) atoms. The molecular formula is C48H40B2Ca. The van der Waals surface area contributed by atoms with Gasteiger partial charge in [-0.25, -0.2) is 0 Å². The molecule has 0 fully saturated rings. The topological polar surface area (TPSA) is 0 Å². The number of rotatable bonds is 8. The molecule has 0 aliphatic carbocycles. The Morgan fingerprint density at radius 3 is 0.353 bits per heavy atom. The summed E-state index contributed by atoms with van der Waals surface area (Å²) < 4.78 is 0. The molecule has 3 heteroatoms. The molecule has 0 saturated carbocycles. The minimum Gasteiger partial charge on any atom is -0.195 e. The zero-order valence-electron chi connectivity index (χ0n) is 29.0. The quantitative estimate of drug-likeness (QED) is 0.180. The van der Waals surface area contributed by atoms with E-state index in [1.807, 2.05) is 0 Å². The molecule has 0 N–H and O–H groups in total. The third-order valence-corrected chi connectivity index (χ3v) is 10.4. The maximum absolute atomic E-state index is 2.26. The van der Waals surface area contributed by atoms with Gasteiger partial charge in [-0.3, -0.25) is 0 Å². The van der Waals surface area contributed by atoms with E-state index in [-0.39, 0.29) is 37.7 Å². The van der Waals surface area contributed by atoms with Crippen LogP contribution >= 0.6 is 0 Å². The maximum Gasteiger partial charge on any atom is 2.00 e. The van der Waals surface area contributed by atoms with E-state index < -0.39 is 12.3 Å². The molecule has 0 aliphatic rings. The molecule has 0 spiro atoms. The van der Waals surface area contributed by atoms with Gasteiger partial charge in [-0.15, -0.1) is 0 Å². The zero-order valence-corrected chi connectivity index (χ0v) is 31.2. The van der Waals surface area contributed by atoms with Gasteiger partial charge in [-0.05, 0) is 0 Å². The Morgan fingerprint density at radius 2 is 0.255 bits per heavy atom. The molecule has 8 aromatic carbocycles. The van der Waals surface area contributed by atoms with Gasteiger partial charge in [-0.1, -0.05) is 243 Å². The molecule has 0 aliphatic heterocycles.